The van der Waals surface area contributed by atoms with Gasteiger partial charge >= 0.3 is 11.7 Å². The number of amides is 1. The van der Waals surface area contributed by atoms with Crippen molar-refractivity contribution in [1.29, 1.82) is 0 Å². The number of hydrogen-bond acceptors (Lipinski definition) is 4. The van der Waals surface area contributed by atoms with Crippen LogP contribution in [-0.4, -0.2) is 33.5 Å². The van der Waals surface area contributed by atoms with E-state index in [0.29, 0.717) is 13.0 Å². The molecule has 0 aromatic carbocycles. The summed E-state index contributed by atoms with van der Waals surface area (Å²) in [5.41, 5.74) is -0.911. The third-order valence-corrected chi connectivity index (χ3v) is 2.81. The van der Waals surface area contributed by atoms with Gasteiger partial charge in [0, 0.05) is 24.7 Å². The molecule has 8 heteroatoms. The third kappa shape index (κ3) is 7.71. The van der Waals surface area contributed by atoms with Crippen molar-refractivity contribution >= 4 is 11.9 Å². The lowest BCUT2D eigenvalue weighted by Crippen LogP contribution is -2.29. The summed E-state index contributed by atoms with van der Waals surface area (Å²) < 4.78 is 0. The van der Waals surface area contributed by atoms with E-state index in [0.717, 1.165) is 19.3 Å². The molecule has 0 saturated carbocycles. The van der Waals surface area contributed by atoms with Gasteiger partial charge in [0.2, 0.25) is 5.91 Å². The average Bonchev–Trinajstić information content (AvgIpc) is 2.35. The van der Waals surface area contributed by atoms with Gasteiger partial charge < -0.3 is 15.4 Å². The lowest BCUT2D eigenvalue weighted by molar-refractivity contribution is -0.137. The van der Waals surface area contributed by atoms with Gasteiger partial charge in [0.1, 0.15) is 0 Å². The van der Waals surface area contributed by atoms with Gasteiger partial charge in [-0.25, -0.2) is 4.79 Å². The minimum atomic E-state index is -0.796. The van der Waals surface area contributed by atoms with Gasteiger partial charge in [-0.2, -0.15) is 0 Å². The van der Waals surface area contributed by atoms with Gasteiger partial charge in [0.15, 0.2) is 0 Å². The Labute approximate surface area is 120 Å². The molecule has 0 aliphatic heterocycles. The van der Waals surface area contributed by atoms with E-state index in [-0.39, 0.29) is 24.4 Å². The molecule has 0 aliphatic carbocycles. The summed E-state index contributed by atoms with van der Waals surface area (Å²) in [7, 11) is 0. The van der Waals surface area contributed by atoms with E-state index in [1.807, 2.05) is 4.98 Å². The number of aromatic nitrogens is 2. The zero-order valence-corrected chi connectivity index (χ0v) is 11.6. The van der Waals surface area contributed by atoms with E-state index in [1.165, 1.54) is 6.07 Å². The van der Waals surface area contributed by atoms with Gasteiger partial charge in [-0.1, -0.05) is 12.8 Å². The Morgan fingerprint density at radius 1 is 1.10 bits per heavy atom. The second-order valence-corrected chi connectivity index (χ2v) is 4.70. The summed E-state index contributed by atoms with van der Waals surface area (Å²) in [5, 5.41) is 11.1. The highest BCUT2D eigenvalue weighted by Gasteiger charge is 2.04. The molecule has 1 aromatic heterocycles. The second kappa shape index (κ2) is 8.72. The number of carboxylic acid groups (broad SMARTS) is 1. The van der Waals surface area contributed by atoms with Crippen LogP contribution in [0.4, 0.5) is 0 Å². The third-order valence-electron chi connectivity index (χ3n) is 2.81. The van der Waals surface area contributed by atoms with Crippen molar-refractivity contribution < 1.29 is 14.7 Å². The molecule has 0 radical (unpaired) electrons. The zero-order valence-electron chi connectivity index (χ0n) is 11.6. The first-order valence-electron chi connectivity index (χ1n) is 6.78. The Morgan fingerprint density at radius 3 is 2.48 bits per heavy atom. The van der Waals surface area contributed by atoms with Gasteiger partial charge in [0.25, 0.3) is 5.56 Å². The molecule has 8 nitrogen and oxygen atoms in total. The molecule has 0 atom stereocenters. The molecule has 116 valence electrons. The maximum Gasteiger partial charge on any atom is 0.325 e. The van der Waals surface area contributed by atoms with Crippen LogP contribution < -0.4 is 16.6 Å². The number of hydrogen-bond donors (Lipinski definition) is 4. The maximum absolute atomic E-state index is 11.6. The van der Waals surface area contributed by atoms with Gasteiger partial charge in [-0.3, -0.25) is 19.4 Å². The van der Waals surface area contributed by atoms with Gasteiger partial charge in [-0.05, 0) is 12.8 Å². The first kappa shape index (κ1) is 16.7. The lowest BCUT2D eigenvalue weighted by atomic mass is 10.1. The average molecular weight is 297 g/mol. The van der Waals surface area contributed by atoms with Gasteiger partial charge in [-0.15, -0.1) is 0 Å². The zero-order chi connectivity index (χ0) is 15.7. The largest absolute Gasteiger partial charge is 0.481 e. The van der Waals surface area contributed by atoms with Gasteiger partial charge in [0.05, 0.1) is 6.42 Å². The molecule has 0 aliphatic rings. The quantitative estimate of drug-likeness (QED) is 0.467. The van der Waals surface area contributed by atoms with E-state index >= 15 is 0 Å². The Kier molecular flexibility index (Phi) is 6.93. The van der Waals surface area contributed by atoms with Crippen LogP contribution >= 0.6 is 0 Å². The number of carbonyl (C=O) groups excluding carboxylic acids is 1. The molecule has 0 saturated heterocycles. The number of H-pyrrole nitrogens is 2. The lowest BCUT2D eigenvalue weighted by Gasteiger charge is -2.05. The van der Waals surface area contributed by atoms with E-state index in [2.05, 4.69) is 10.3 Å². The Hall–Kier alpha value is -2.38. The summed E-state index contributed by atoms with van der Waals surface area (Å²) in [6.07, 6.45) is 3.16. The van der Waals surface area contributed by atoms with Crippen LogP contribution in [0.25, 0.3) is 0 Å². The predicted molar refractivity (Wildman–Crippen MR) is 75.1 cm³/mol. The molecule has 1 heterocycles. The Morgan fingerprint density at radius 2 is 1.81 bits per heavy atom. The van der Waals surface area contributed by atoms with Crippen molar-refractivity contribution in [3.05, 3.63) is 32.6 Å². The molecular formula is C13H19N3O5. The smallest absolute Gasteiger partial charge is 0.325 e. The summed E-state index contributed by atoms with van der Waals surface area (Å²) in [5.74, 6) is -1.07. The minimum absolute atomic E-state index is 0.0574. The first-order valence-corrected chi connectivity index (χ1v) is 6.78. The molecule has 0 fully saturated rings. The SMILES string of the molecule is O=C(O)CCCCCCNC(=O)Cc1cc(=O)[nH]c(=O)[nH]1. The van der Waals surface area contributed by atoms with Crippen LogP contribution in [0.1, 0.15) is 37.8 Å². The normalized spacial score (nSPS) is 10.3. The molecule has 1 rings (SSSR count). The van der Waals surface area contributed by atoms with Crippen molar-refractivity contribution in [3.63, 3.8) is 0 Å². The molecular weight excluding hydrogens is 278 g/mol. The number of aliphatic carboxylic acids is 1. The number of rotatable bonds is 9. The monoisotopic (exact) mass is 297 g/mol. The van der Waals surface area contributed by atoms with Crippen LogP contribution in [-0.2, 0) is 16.0 Å². The van der Waals surface area contributed by atoms with E-state index in [4.69, 9.17) is 5.11 Å². The highest BCUT2D eigenvalue weighted by atomic mass is 16.4. The maximum atomic E-state index is 11.6. The summed E-state index contributed by atoms with van der Waals surface area (Å²) in [6, 6.07) is 1.17. The highest BCUT2D eigenvalue weighted by molar-refractivity contribution is 5.77. The first-order chi connectivity index (χ1) is 9.97. The Bertz CT molecular complexity index is 562. The topological polar surface area (TPSA) is 132 Å². The molecule has 0 bridgehead atoms. The highest BCUT2D eigenvalue weighted by Crippen LogP contribution is 2.02. The second-order valence-electron chi connectivity index (χ2n) is 4.70. The van der Waals surface area contributed by atoms with E-state index in [9.17, 15) is 19.2 Å². The fraction of sp³-hybridized carbons (Fsp3) is 0.538. The summed E-state index contributed by atoms with van der Waals surface area (Å²) in [4.78, 5) is 48.4. The molecule has 4 N–H and O–H groups in total. The molecule has 1 aromatic rings. The van der Waals surface area contributed by atoms with Crippen LogP contribution in [0.15, 0.2) is 15.7 Å². The molecule has 1 amide bonds. The number of unbranched alkanes of at least 4 members (excludes halogenated alkanes) is 3. The van der Waals surface area contributed by atoms with Crippen molar-refractivity contribution in [1.82, 2.24) is 15.3 Å². The van der Waals surface area contributed by atoms with E-state index in [1.54, 1.807) is 0 Å². The number of carboxylic acids is 1. The predicted octanol–water partition coefficient (Wildman–Crippen LogP) is -0.243. The van der Waals surface area contributed by atoms with Crippen molar-refractivity contribution in [3.8, 4) is 0 Å². The summed E-state index contributed by atoms with van der Waals surface area (Å²) >= 11 is 0. The Balaban J connectivity index is 2.18. The van der Waals surface area contributed by atoms with Crippen LogP contribution in [0.5, 0.6) is 0 Å². The minimum Gasteiger partial charge on any atom is -0.481 e. The molecule has 21 heavy (non-hydrogen) atoms. The molecule has 0 unspecified atom stereocenters. The molecule has 0 spiro atoms. The fourth-order valence-electron chi connectivity index (χ4n) is 1.83. The number of carbonyl (C=O) groups is 2. The van der Waals surface area contributed by atoms with Crippen LogP contribution in [0, 0.1) is 0 Å². The fourth-order valence-corrected chi connectivity index (χ4v) is 1.83. The van der Waals surface area contributed by atoms with Crippen molar-refractivity contribution in [2.45, 2.75) is 38.5 Å². The van der Waals surface area contributed by atoms with Crippen molar-refractivity contribution in [2.24, 2.45) is 0 Å². The van der Waals surface area contributed by atoms with E-state index < -0.39 is 17.2 Å². The van der Waals surface area contributed by atoms with Crippen LogP contribution in [0.3, 0.4) is 0 Å². The van der Waals surface area contributed by atoms with Crippen LogP contribution in [0.2, 0.25) is 0 Å². The standard InChI is InChI=1S/C13H19N3O5/c17-10(7-9-8-11(18)16-13(21)15-9)14-6-4-2-1-3-5-12(19)20/h8H,1-7H2,(H,14,17)(H,19,20)(H2,15,16,18,21). The summed E-state index contributed by atoms with van der Waals surface area (Å²) in [6.45, 7) is 0.485. The number of aromatic amines is 2. The van der Waals surface area contributed by atoms with Crippen molar-refractivity contribution in [2.75, 3.05) is 6.54 Å². The number of nitrogens with one attached hydrogen (secondary N) is 3.